The first-order valence-corrected chi connectivity index (χ1v) is 9.75. The van der Waals surface area contributed by atoms with Crippen LogP contribution in [0.25, 0.3) is 0 Å². The van der Waals surface area contributed by atoms with E-state index in [4.69, 9.17) is 4.74 Å². The second-order valence-electron chi connectivity index (χ2n) is 6.91. The molecule has 4 rings (SSSR count). The van der Waals surface area contributed by atoms with Crippen molar-refractivity contribution in [2.75, 3.05) is 32.8 Å². The highest BCUT2D eigenvalue weighted by Gasteiger charge is 2.40. The smallest absolute Gasteiger partial charge is 0.254 e. The van der Waals surface area contributed by atoms with Crippen molar-refractivity contribution < 1.29 is 9.53 Å². The van der Waals surface area contributed by atoms with Gasteiger partial charge in [-0.1, -0.05) is 6.07 Å². The van der Waals surface area contributed by atoms with Crippen molar-refractivity contribution in [3.8, 4) is 0 Å². The Bertz CT molecular complexity index is 697. The van der Waals surface area contributed by atoms with E-state index in [0.717, 1.165) is 57.7 Å². The molecular weight excluding hydrogens is 334 g/mol. The fraction of sp³-hybridized carbons (Fsp3) is 0.474. The fourth-order valence-corrected chi connectivity index (χ4v) is 4.43. The minimum absolute atomic E-state index is 0.105. The monoisotopic (exact) mass is 357 g/mol. The number of pyridine rings is 1. The van der Waals surface area contributed by atoms with Gasteiger partial charge in [0.1, 0.15) is 0 Å². The summed E-state index contributed by atoms with van der Waals surface area (Å²) >= 11 is 1.57. The van der Waals surface area contributed by atoms with E-state index in [0.29, 0.717) is 0 Å². The largest absolute Gasteiger partial charge is 0.372 e. The molecule has 2 aromatic rings. The molecule has 0 unspecified atom stereocenters. The SMILES string of the molecule is O=C(c1ccsc1)N1CCC2(CC1)CN(Cc1cccnc1)CCO2. The van der Waals surface area contributed by atoms with Crippen molar-refractivity contribution in [2.24, 2.45) is 0 Å². The standard InChI is InChI=1S/C19H23N3O2S/c23-18(17-3-11-25-14-17)22-7-4-19(5-8-22)15-21(9-10-24-19)13-16-2-1-6-20-12-16/h1-3,6,11-12,14H,4-5,7-10,13,15H2. The number of morpholine rings is 1. The Kier molecular flexibility index (Phi) is 4.83. The Morgan fingerprint density at radius 1 is 1.28 bits per heavy atom. The van der Waals surface area contributed by atoms with Gasteiger partial charge in [0.25, 0.3) is 5.91 Å². The molecule has 25 heavy (non-hydrogen) atoms. The van der Waals surface area contributed by atoms with Crippen molar-refractivity contribution in [2.45, 2.75) is 25.0 Å². The van der Waals surface area contributed by atoms with Crippen LogP contribution in [0.1, 0.15) is 28.8 Å². The van der Waals surface area contributed by atoms with Gasteiger partial charge in [-0.25, -0.2) is 0 Å². The van der Waals surface area contributed by atoms with Gasteiger partial charge in [-0.15, -0.1) is 0 Å². The number of ether oxygens (including phenoxy) is 1. The van der Waals surface area contributed by atoms with E-state index in [9.17, 15) is 4.79 Å². The first-order chi connectivity index (χ1) is 12.2. The van der Waals surface area contributed by atoms with E-state index in [-0.39, 0.29) is 11.5 Å². The van der Waals surface area contributed by atoms with Crippen LogP contribution in [0.5, 0.6) is 0 Å². The van der Waals surface area contributed by atoms with Crippen molar-refractivity contribution >= 4 is 17.2 Å². The van der Waals surface area contributed by atoms with Gasteiger partial charge >= 0.3 is 0 Å². The summed E-state index contributed by atoms with van der Waals surface area (Å²) in [5.74, 6) is 0.152. The lowest BCUT2D eigenvalue weighted by atomic mass is 9.89. The van der Waals surface area contributed by atoms with Gasteiger partial charge in [0.05, 0.1) is 17.8 Å². The summed E-state index contributed by atoms with van der Waals surface area (Å²) in [5.41, 5.74) is 1.94. The Balaban J connectivity index is 1.36. The highest BCUT2D eigenvalue weighted by Crippen LogP contribution is 2.31. The molecule has 4 heterocycles. The van der Waals surface area contributed by atoms with Gasteiger partial charge in [0.15, 0.2) is 0 Å². The molecule has 0 aliphatic carbocycles. The zero-order valence-electron chi connectivity index (χ0n) is 14.3. The lowest BCUT2D eigenvalue weighted by molar-refractivity contribution is -0.134. The molecule has 2 aliphatic rings. The number of amides is 1. The number of carbonyl (C=O) groups is 1. The van der Waals surface area contributed by atoms with Crippen LogP contribution in [0.4, 0.5) is 0 Å². The fourth-order valence-electron chi connectivity index (χ4n) is 3.80. The Morgan fingerprint density at radius 2 is 2.16 bits per heavy atom. The molecule has 0 saturated carbocycles. The van der Waals surface area contributed by atoms with E-state index < -0.39 is 0 Å². The zero-order chi connectivity index (χ0) is 17.1. The first-order valence-electron chi connectivity index (χ1n) is 8.81. The minimum Gasteiger partial charge on any atom is -0.372 e. The summed E-state index contributed by atoms with van der Waals surface area (Å²) in [6.45, 7) is 5.11. The predicted octanol–water partition coefficient (Wildman–Crippen LogP) is 2.65. The van der Waals surface area contributed by atoms with Crippen LogP contribution in [-0.4, -0.2) is 59.1 Å². The molecule has 5 nitrogen and oxygen atoms in total. The molecule has 6 heteroatoms. The van der Waals surface area contributed by atoms with Crippen LogP contribution in [0.15, 0.2) is 41.4 Å². The predicted molar refractivity (Wildman–Crippen MR) is 97.7 cm³/mol. The van der Waals surface area contributed by atoms with E-state index >= 15 is 0 Å². The Morgan fingerprint density at radius 3 is 2.88 bits per heavy atom. The molecule has 0 atom stereocenters. The lowest BCUT2D eigenvalue weighted by Crippen LogP contribution is -2.57. The molecule has 2 aliphatic heterocycles. The maximum absolute atomic E-state index is 12.5. The molecule has 132 valence electrons. The average Bonchev–Trinajstić information content (AvgIpc) is 3.18. The van der Waals surface area contributed by atoms with Gasteiger partial charge in [-0.05, 0) is 35.9 Å². The van der Waals surface area contributed by atoms with Crippen LogP contribution in [-0.2, 0) is 11.3 Å². The third-order valence-corrected chi connectivity index (χ3v) is 5.87. The van der Waals surface area contributed by atoms with E-state index in [1.807, 2.05) is 40.2 Å². The van der Waals surface area contributed by atoms with Crippen molar-refractivity contribution in [3.05, 3.63) is 52.5 Å². The number of hydrogen-bond donors (Lipinski definition) is 0. The number of aromatic nitrogens is 1. The highest BCUT2D eigenvalue weighted by molar-refractivity contribution is 7.08. The highest BCUT2D eigenvalue weighted by atomic mass is 32.1. The molecule has 0 N–H and O–H groups in total. The van der Waals surface area contributed by atoms with E-state index in [1.54, 1.807) is 11.3 Å². The number of nitrogens with zero attached hydrogens (tertiary/aromatic N) is 3. The topological polar surface area (TPSA) is 45.7 Å². The van der Waals surface area contributed by atoms with Gasteiger partial charge in [-0.3, -0.25) is 14.7 Å². The summed E-state index contributed by atoms with van der Waals surface area (Å²) in [6, 6.07) is 6.02. The second-order valence-corrected chi connectivity index (χ2v) is 7.69. The maximum atomic E-state index is 12.5. The number of rotatable bonds is 3. The van der Waals surface area contributed by atoms with Crippen LogP contribution in [0.3, 0.4) is 0 Å². The zero-order valence-corrected chi connectivity index (χ0v) is 15.1. The van der Waals surface area contributed by atoms with Crippen molar-refractivity contribution in [3.63, 3.8) is 0 Å². The molecular formula is C19H23N3O2S. The van der Waals surface area contributed by atoms with Crippen LogP contribution < -0.4 is 0 Å². The molecule has 2 aromatic heterocycles. The van der Waals surface area contributed by atoms with E-state index in [2.05, 4.69) is 16.0 Å². The maximum Gasteiger partial charge on any atom is 0.254 e. The number of likely N-dealkylation sites (tertiary alicyclic amines) is 1. The van der Waals surface area contributed by atoms with Crippen molar-refractivity contribution in [1.82, 2.24) is 14.8 Å². The molecule has 2 saturated heterocycles. The van der Waals surface area contributed by atoms with Crippen molar-refractivity contribution in [1.29, 1.82) is 0 Å². The van der Waals surface area contributed by atoms with Gasteiger partial charge in [0.2, 0.25) is 0 Å². The molecule has 0 bridgehead atoms. The summed E-state index contributed by atoms with van der Waals surface area (Å²) in [4.78, 5) is 21.1. The molecule has 2 fully saturated rings. The summed E-state index contributed by atoms with van der Waals surface area (Å²) in [5, 5.41) is 3.89. The quantitative estimate of drug-likeness (QED) is 0.847. The third-order valence-electron chi connectivity index (χ3n) is 5.19. The summed E-state index contributed by atoms with van der Waals surface area (Å²) in [7, 11) is 0. The van der Waals surface area contributed by atoms with Gasteiger partial charge < -0.3 is 9.64 Å². The lowest BCUT2D eigenvalue weighted by Gasteiger charge is -2.47. The second kappa shape index (κ2) is 7.23. The first kappa shape index (κ1) is 16.7. The number of hydrogen-bond acceptors (Lipinski definition) is 5. The van der Waals surface area contributed by atoms with Crippen LogP contribution in [0.2, 0.25) is 0 Å². The number of piperidine rings is 1. The normalized spacial score (nSPS) is 20.7. The van der Waals surface area contributed by atoms with Crippen LogP contribution >= 0.6 is 11.3 Å². The average molecular weight is 357 g/mol. The van der Waals surface area contributed by atoms with Crippen LogP contribution in [0, 0.1) is 0 Å². The summed E-state index contributed by atoms with van der Waals surface area (Å²) in [6.07, 6.45) is 5.56. The number of carbonyl (C=O) groups excluding carboxylic acids is 1. The molecule has 0 aromatic carbocycles. The van der Waals surface area contributed by atoms with E-state index in [1.165, 1.54) is 5.56 Å². The Labute approximate surface area is 152 Å². The molecule has 0 radical (unpaired) electrons. The Hall–Kier alpha value is -1.76. The summed E-state index contributed by atoms with van der Waals surface area (Å²) < 4.78 is 6.20. The molecule has 1 amide bonds. The minimum atomic E-state index is -0.105. The van der Waals surface area contributed by atoms with Gasteiger partial charge in [0, 0.05) is 50.5 Å². The number of thiophene rings is 1. The third kappa shape index (κ3) is 3.76. The van der Waals surface area contributed by atoms with Gasteiger partial charge in [-0.2, -0.15) is 11.3 Å². The molecule has 1 spiro atoms.